The molecule has 0 saturated heterocycles. The molecular weight excluding hydrogens is 483 g/mol. The van der Waals surface area contributed by atoms with Crippen LogP contribution in [0.3, 0.4) is 0 Å². The van der Waals surface area contributed by atoms with Gasteiger partial charge in [-0.15, -0.1) is 0 Å². The number of esters is 1. The highest BCUT2D eigenvalue weighted by Crippen LogP contribution is 2.36. The second-order valence-corrected chi connectivity index (χ2v) is 8.20. The van der Waals surface area contributed by atoms with E-state index in [-0.39, 0.29) is 10.6 Å². The van der Waals surface area contributed by atoms with Gasteiger partial charge in [0.2, 0.25) is 0 Å². The van der Waals surface area contributed by atoms with Gasteiger partial charge in [-0.25, -0.2) is 9.78 Å². The maximum absolute atomic E-state index is 13.2. The summed E-state index contributed by atoms with van der Waals surface area (Å²) in [6.45, 7) is 3.00. The fraction of sp³-hybridized carbons (Fsp3) is 0.238. The number of aryl methyl sites for hydroxylation is 1. The number of halogens is 4. The third-order valence-corrected chi connectivity index (χ3v) is 5.50. The van der Waals surface area contributed by atoms with Crippen molar-refractivity contribution in [2.24, 2.45) is 0 Å². The molecule has 33 heavy (non-hydrogen) atoms. The Bertz CT molecular complexity index is 1170. The quantitative estimate of drug-likeness (QED) is 0.337. The summed E-state index contributed by atoms with van der Waals surface area (Å²) in [6, 6.07) is 7.67. The Morgan fingerprint density at radius 3 is 2.70 bits per heavy atom. The number of nitrogens with one attached hydrogen (secondary N) is 1. The van der Waals surface area contributed by atoms with Gasteiger partial charge in [-0.1, -0.05) is 28.5 Å². The average Bonchev–Trinajstić information content (AvgIpc) is 3.18. The molecule has 0 aliphatic rings. The molecule has 2 aromatic heterocycles. The third-order valence-electron chi connectivity index (χ3n) is 4.22. The fourth-order valence-corrected chi connectivity index (χ4v) is 3.70. The van der Waals surface area contributed by atoms with Crippen molar-refractivity contribution in [3.63, 3.8) is 0 Å². The number of aromatic nitrogens is 2. The smallest absolute Gasteiger partial charge is 0.418 e. The van der Waals surface area contributed by atoms with Crippen LogP contribution in [-0.2, 0) is 21.5 Å². The minimum absolute atomic E-state index is 0.102. The number of ether oxygens (including phenoxy) is 1. The molecule has 0 fully saturated rings. The van der Waals surface area contributed by atoms with Gasteiger partial charge >= 0.3 is 12.1 Å². The van der Waals surface area contributed by atoms with Crippen molar-refractivity contribution < 1.29 is 32.0 Å². The minimum atomic E-state index is -4.74. The monoisotopic (exact) mass is 499 g/mol. The molecule has 12 heteroatoms. The zero-order chi connectivity index (χ0) is 24.2. The predicted octanol–water partition coefficient (Wildman–Crippen LogP) is 5.53. The van der Waals surface area contributed by atoms with E-state index in [4.69, 9.17) is 20.9 Å². The molecule has 0 aliphatic carbocycles. The molecule has 1 amide bonds. The number of carbonyl (C=O) groups excluding carboxylic acids is 2. The summed E-state index contributed by atoms with van der Waals surface area (Å²) in [5.74, 6) is -0.772. The van der Waals surface area contributed by atoms with Crippen molar-refractivity contribution in [1.82, 2.24) is 10.1 Å². The highest BCUT2D eigenvalue weighted by molar-refractivity contribution is 7.98. The van der Waals surface area contributed by atoms with E-state index in [9.17, 15) is 22.8 Å². The summed E-state index contributed by atoms with van der Waals surface area (Å²) in [6.07, 6.45) is -4.63. The molecule has 7 nitrogen and oxygen atoms in total. The van der Waals surface area contributed by atoms with Gasteiger partial charge in [-0.2, -0.15) is 13.2 Å². The largest absolute Gasteiger partial charge is 0.449 e. The van der Waals surface area contributed by atoms with Gasteiger partial charge in [-0.3, -0.25) is 4.79 Å². The first-order chi connectivity index (χ1) is 15.5. The Balaban J connectivity index is 1.68. The lowest BCUT2D eigenvalue weighted by molar-refractivity contribution is -0.137. The number of amides is 1. The van der Waals surface area contributed by atoms with Gasteiger partial charge in [0.1, 0.15) is 10.8 Å². The number of thioether (sulfide) groups is 1. The van der Waals surface area contributed by atoms with E-state index in [2.05, 4.69) is 15.5 Å². The van der Waals surface area contributed by atoms with Crippen LogP contribution in [0.25, 0.3) is 0 Å². The van der Waals surface area contributed by atoms with Crippen molar-refractivity contribution in [2.45, 2.75) is 36.9 Å². The van der Waals surface area contributed by atoms with Crippen LogP contribution in [0.15, 0.2) is 52.1 Å². The first-order valence-electron chi connectivity index (χ1n) is 9.43. The molecule has 1 aromatic carbocycles. The summed E-state index contributed by atoms with van der Waals surface area (Å²) >= 11 is 6.85. The molecule has 1 atom stereocenters. The molecule has 1 N–H and O–H groups in total. The van der Waals surface area contributed by atoms with Crippen LogP contribution in [0.4, 0.5) is 18.9 Å². The standard InChI is InChI=1S/C21H17ClF3N3O4S/c1-11-8-14(28-32-11)10-33-19-15(4-3-7-26-19)20(30)31-12(2)18(29)27-17-6-5-13(22)9-16(17)21(23,24)25/h3-9,12H,10H2,1-2H3,(H,27,29). The number of rotatable bonds is 7. The van der Waals surface area contributed by atoms with Gasteiger partial charge < -0.3 is 14.6 Å². The predicted molar refractivity (Wildman–Crippen MR) is 115 cm³/mol. The van der Waals surface area contributed by atoms with E-state index >= 15 is 0 Å². The Morgan fingerprint density at radius 1 is 1.27 bits per heavy atom. The molecule has 2 heterocycles. The molecule has 0 saturated carbocycles. The van der Waals surface area contributed by atoms with Gasteiger partial charge in [-0.05, 0) is 44.2 Å². The SMILES string of the molecule is Cc1cc(CSc2ncccc2C(=O)OC(C)C(=O)Nc2ccc(Cl)cc2C(F)(F)F)no1. The van der Waals surface area contributed by atoms with Gasteiger partial charge in [0.05, 0.1) is 22.5 Å². The van der Waals surface area contributed by atoms with Crippen LogP contribution in [0.1, 0.15) is 34.3 Å². The lowest BCUT2D eigenvalue weighted by atomic mass is 10.1. The van der Waals surface area contributed by atoms with Gasteiger partial charge in [0.15, 0.2) is 6.10 Å². The molecule has 0 radical (unpaired) electrons. The van der Waals surface area contributed by atoms with Crippen molar-refractivity contribution in [3.05, 3.63) is 70.2 Å². The highest BCUT2D eigenvalue weighted by atomic mass is 35.5. The first kappa shape index (κ1) is 24.6. The van der Waals surface area contributed by atoms with E-state index in [1.807, 2.05) is 0 Å². The van der Waals surface area contributed by atoms with Crippen molar-refractivity contribution in [3.8, 4) is 0 Å². The lowest BCUT2D eigenvalue weighted by Gasteiger charge is -2.17. The van der Waals surface area contributed by atoms with Crippen molar-refractivity contribution in [2.75, 3.05) is 5.32 Å². The summed E-state index contributed by atoms with van der Waals surface area (Å²) in [5, 5.41) is 6.20. The molecule has 3 rings (SSSR count). The van der Waals surface area contributed by atoms with Crippen LogP contribution in [0.5, 0.6) is 0 Å². The third kappa shape index (κ3) is 6.48. The summed E-state index contributed by atoms with van der Waals surface area (Å²) < 4.78 is 49.9. The van der Waals surface area contributed by atoms with Crippen molar-refractivity contribution >= 4 is 40.9 Å². The fourth-order valence-electron chi connectivity index (χ4n) is 2.66. The van der Waals surface area contributed by atoms with Gasteiger partial charge in [0.25, 0.3) is 5.91 Å². The summed E-state index contributed by atoms with van der Waals surface area (Å²) in [4.78, 5) is 29.2. The summed E-state index contributed by atoms with van der Waals surface area (Å²) in [7, 11) is 0. The van der Waals surface area contributed by atoms with E-state index in [1.165, 1.54) is 43.1 Å². The van der Waals surface area contributed by atoms with Crippen LogP contribution in [0, 0.1) is 6.92 Å². The zero-order valence-electron chi connectivity index (χ0n) is 17.3. The second-order valence-electron chi connectivity index (χ2n) is 6.80. The topological polar surface area (TPSA) is 94.3 Å². The van der Waals surface area contributed by atoms with Crippen LogP contribution in [-0.4, -0.2) is 28.1 Å². The number of alkyl halides is 3. The Kier molecular flexibility index (Phi) is 7.65. The molecule has 3 aromatic rings. The molecule has 174 valence electrons. The lowest BCUT2D eigenvalue weighted by Crippen LogP contribution is -2.31. The van der Waals surface area contributed by atoms with E-state index in [0.29, 0.717) is 28.3 Å². The van der Waals surface area contributed by atoms with Crippen LogP contribution in [0.2, 0.25) is 5.02 Å². The molecule has 1 unspecified atom stereocenters. The van der Waals surface area contributed by atoms with Crippen LogP contribution >= 0.6 is 23.4 Å². The zero-order valence-corrected chi connectivity index (χ0v) is 18.8. The number of anilines is 1. The number of nitrogens with zero attached hydrogens (tertiary/aromatic N) is 2. The Labute approximate surface area is 195 Å². The summed E-state index contributed by atoms with van der Waals surface area (Å²) in [5.41, 5.74) is -0.861. The average molecular weight is 500 g/mol. The highest BCUT2D eigenvalue weighted by Gasteiger charge is 2.35. The van der Waals surface area contributed by atoms with E-state index in [0.717, 1.165) is 6.07 Å². The maximum Gasteiger partial charge on any atom is 0.418 e. The Morgan fingerprint density at radius 2 is 2.03 bits per heavy atom. The Hall–Kier alpha value is -3.05. The normalized spacial score (nSPS) is 12.3. The minimum Gasteiger partial charge on any atom is -0.449 e. The van der Waals surface area contributed by atoms with E-state index in [1.54, 1.807) is 13.0 Å². The van der Waals surface area contributed by atoms with Crippen molar-refractivity contribution in [1.29, 1.82) is 0 Å². The van der Waals surface area contributed by atoms with Crippen LogP contribution < -0.4 is 5.32 Å². The number of carbonyl (C=O) groups is 2. The number of hydrogen-bond donors (Lipinski definition) is 1. The number of benzene rings is 1. The maximum atomic E-state index is 13.2. The molecular formula is C21H17ClF3N3O4S. The molecule has 0 aliphatic heterocycles. The number of hydrogen-bond acceptors (Lipinski definition) is 7. The number of pyridine rings is 1. The van der Waals surface area contributed by atoms with Gasteiger partial charge in [0, 0.05) is 23.0 Å². The molecule has 0 bridgehead atoms. The molecule has 0 spiro atoms. The van der Waals surface area contributed by atoms with E-state index < -0.39 is 35.4 Å². The first-order valence-corrected chi connectivity index (χ1v) is 10.8. The second kappa shape index (κ2) is 10.3.